The van der Waals surface area contributed by atoms with E-state index in [-0.39, 0.29) is 40.4 Å². The maximum atomic E-state index is 13.1. The number of hydrogen-bond donors (Lipinski definition) is 8. The number of rotatable bonds is 21. The molecule has 7 atom stereocenters. The predicted octanol–water partition coefficient (Wildman–Crippen LogP) is 16.7. The van der Waals surface area contributed by atoms with E-state index < -0.39 is 6.10 Å². The van der Waals surface area contributed by atoms with Crippen molar-refractivity contribution in [3.63, 3.8) is 0 Å². The molecule has 1 unspecified atom stereocenters. The summed E-state index contributed by atoms with van der Waals surface area (Å²) in [4.78, 5) is 26.5. The Bertz CT molecular complexity index is 3960. The molecular weight excluding hydrogens is 1210 g/mol. The summed E-state index contributed by atoms with van der Waals surface area (Å²) in [6, 6.07) is 46.5. The summed E-state index contributed by atoms with van der Waals surface area (Å²) >= 11 is 0. The highest BCUT2D eigenvalue weighted by Crippen LogP contribution is 2.44. The maximum absolute atomic E-state index is 13.1. The highest BCUT2D eigenvalue weighted by atomic mass is 19.1. The first kappa shape index (κ1) is 71.4. The van der Waals surface area contributed by atoms with E-state index in [4.69, 9.17) is 4.74 Å². The molecule has 0 amide bonds. The first-order chi connectivity index (χ1) is 46.5. The second-order valence-corrected chi connectivity index (χ2v) is 28.3. The first-order valence-electron chi connectivity index (χ1n) is 34.0. The molecule has 8 N–H and O–H groups in total. The molecule has 3 fully saturated rings. The van der Waals surface area contributed by atoms with E-state index in [0.717, 1.165) is 80.4 Å². The summed E-state index contributed by atoms with van der Waals surface area (Å²) in [5.41, 5.74) is 7.26. The van der Waals surface area contributed by atoms with Gasteiger partial charge in [-0.25, -0.2) is 19.3 Å². The topological polar surface area (TPSA) is 271 Å². The van der Waals surface area contributed by atoms with E-state index in [1.54, 1.807) is 36.7 Å². The lowest BCUT2D eigenvalue weighted by atomic mass is 9.68. The van der Waals surface area contributed by atoms with Crippen molar-refractivity contribution in [1.29, 1.82) is 15.8 Å². The number of nitriles is 3. The summed E-state index contributed by atoms with van der Waals surface area (Å²) in [6.07, 6.45) is 15.4. The molecule has 3 aliphatic rings. The number of aromatic hydroxyl groups is 1. The van der Waals surface area contributed by atoms with Gasteiger partial charge in [0, 0.05) is 37.8 Å². The van der Waals surface area contributed by atoms with Crippen molar-refractivity contribution in [2.75, 3.05) is 51.5 Å². The van der Waals surface area contributed by atoms with Gasteiger partial charge < -0.3 is 46.9 Å². The molecule has 0 radical (unpaired) electrons. The highest BCUT2D eigenvalue weighted by molar-refractivity contribution is 5.64. The van der Waals surface area contributed by atoms with Gasteiger partial charge in [-0.2, -0.15) is 30.7 Å². The van der Waals surface area contributed by atoms with Gasteiger partial charge in [-0.3, -0.25) is 0 Å². The van der Waals surface area contributed by atoms with Crippen LogP contribution in [-0.4, -0.2) is 77.9 Å². The van der Waals surface area contributed by atoms with Crippen molar-refractivity contribution >= 4 is 35.3 Å². The minimum atomic E-state index is -0.771. The van der Waals surface area contributed by atoms with Crippen molar-refractivity contribution in [2.24, 2.45) is 34.0 Å². The van der Waals surface area contributed by atoms with Crippen LogP contribution in [0.5, 0.6) is 17.2 Å². The average Bonchev–Trinajstić information content (AvgIpc) is 0.888. The standard InChI is InChI=1S/C28H32FN5.C28H33N5O.C22H29N5O2/c1-19-4-13-25(16-28(19,2)3)33-26-23(17-30)18-32-27(34-26)31-15-14-20-5-7-21(8-6-20)22-9-11-24(29)12-10-22;1-20-9-12-23(17-28(20,2)3)32-26-22(18-29)19-31-27(33-26)30-16-15-21-10-13-25(14-11-21)34-24-7-5-4-6-8-24;1-14-4-7-17(10-22(14,2)3)26-20-16(11-23)12-24-21(27-20)25-13-19(29)15-5-8-18(28)9-6-15/h5-12,18-19,25H,4,13-16H2,1-3H3,(H2,31,32,33,34);4-8,10-11,13-14,19-20,23H,9,12,15-17H2,1-3H3,(H2,30,31,32,33);5-6,8-9,12,14,17,19,28-29H,4,7,10,13H2,1-3H3,(H2,24,25,26,27)/t19-,25+;20-,23+;14-,17+,19?/m000/s1. The Labute approximate surface area is 572 Å². The second kappa shape index (κ2) is 33.2. The molecule has 97 heavy (non-hydrogen) atoms. The number of phenols is 1. The van der Waals surface area contributed by atoms with E-state index in [1.165, 1.54) is 54.4 Å². The Hall–Kier alpha value is -9.90. The van der Waals surface area contributed by atoms with E-state index in [0.29, 0.717) is 100 Å². The second-order valence-electron chi connectivity index (χ2n) is 28.3. The van der Waals surface area contributed by atoms with Gasteiger partial charge in [0.15, 0.2) is 0 Å². The smallest absolute Gasteiger partial charge is 0.224 e. The summed E-state index contributed by atoms with van der Waals surface area (Å²) in [6.45, 7) is 22.4. The van der Waals surface area contributed by atoms with Gasteiger partial charge in [0.05, 0.1) is 24.7 Å². The molecule has 19 heteroatoms. The summed E-state index contributed by atoms with van der Waals surface area (Å²) in [7, 11) is 0. The van der Waals surface area contributed by atoms with Crippen LogP contribution in [-0.2, 0) is 12.8 Å². The van der Waals surface area contributed by atoms with Gasteiger partial charge in [0.1, 0.15) is 75.4 Å². The number of ether oxygens (including phenoxy) is 1. The number of benzene rings is 5. The number of halogens is 1. The molecule has 5 aromatic carbocycles. The van der Waals surface area contributed by atoms with E-state index in [1.807, 2.05) is 42.5 Å². The van der Waals surface area contributed by atoms with Crippen molar-refractivity contribution in [3.05, 3.63) is 185 Å². The number of aliphatic hydroxyl groups is 1. The fourth-order valence-corrected chi connectivity index (χ4v) is 12.8. The van der Waals surface area contributed by atoms with Crippen molar-refractivity contribution < 1.29 is 19.3 Å². The van der Waals surface area contributed by atoms with E-state index in [9.17, 15) is 30.4 Å². The van der Waals surface area contributed by atoms with Gasteiger partial charge in [-0.05, 0) is 181 Å². The zero-order chi connectivity index (χ0) is 69.1. The van der Waals surface area contributed by atoms with Gasteiger partial charge in [0.2, 0.25) is 17.8 Å². The SMILES string of the molecule is C[C@H]1CC[C@@H](Nc2nc(NCC(O)c3ccc(O)cc3)ncc2C#N)CC1(C)C.C[C@H]1CC[C@@H](Nc2nc(NCCc3ccc(-c4ccc(F)cc4)cc3)ncc2C#N)CC1(C)C.C[C@H]1CC[C@@H](Nc2nc(NCCc3ccc(Oc4ccccc4)cc3)ncc2C#N)CC1(C)C. The summed E-state index contributed by atoms with van der Waals surface area (Å²) in [5, 5.41) is 68.2. The van der Waals surface area contributed by atoms with Crippen LogP contribution < -0.4 is 36.6 Å². The fourth-order valence-electron chi connectivity index (χ4n) is 12.8. The third kappa shape index (κ3) is 20.6. The minimum Gasteiger partial charge on any atom is -0.508 e. The molecule has 11 rings (SSSR count). The lowest BCUT2D eigenvalue weighted by molar-refractivity contribution is 0.143. The normalized spacial score (nSPS) is 20.0. The fraction of sp³-hybridized carbons (Fsp3) is 0.423. The molecule has 0 saturated heterocycles. The third-order valence-electron chi connectivity index (χ3n) is 20.1. The zero-order valence-corrected chi connectivity index (χ0v) is 57.5. The number of nitrogens with zero attached hydrogens (tertiary/aromatic N) is 9. The number of phenolic OH excluding ortho intramolecular Hbond substituents is 1. The molecule has 8 aromatic rings. The maximum Gasteiger partial charge on any atom is 0.224 e. The van der Waals surface area contributed by atoms with Crippen LogP contribution in [0.4, 0.5) is 39.7 Å². The van der Waals surface area contributed by atoms with Crippen LogP contribution in [0.3, 0.4) is 0 Å². The average molecular weight is 1310 g/mol. The molecule has 3 aromatic heterocycles. The Morgan fingerprint density at radius 1 is 0.495 bits per heavy atom. The molecule has 3 saturated carbocycles. The number of nitrogens with one attached hydrogen (secondary N) is 6. The van der Waals surface area contributed by atoms with Gasteiger partial charge in [-0.1, -0.05) is 141 Å². The molecule has 18 nitrogen and oxygen atoms in total. The predicted molar refractivity (Wildman–Crippen MR) is 384 cm³/mol. The van der Waals surface area contributed by atoms with Crippen LogP contribution in [0.25, 0.3) is 11.1 Å². The molecule has 3 heterocycles. The molecule has 0 aliphatic heterocycles. The van der Waals surface area contributed by atoms with Crippen molar-refractivity contribution in [3.8, 4) is 46.6 Å². The molecular formula is C78H94FN15O3. The van der Waals surface area contributed by atoms with Crippen LogP contribution in [0.1, 0.15) is 160 Å². The van der Waals surface area contributed by atoms with E-state index >= 15 is 0 Å². The van der Waals surface area contributed by atoms with Crippen molar-refractivity contribution in [1.82, 2.24) is 29.9 Å². The van der Waals surface area contributed by atoms with Crippen molar-refractivity contribution in [2.45, 2.75) is 157 Å². The Morgan fingerprint density at radius 3 is 1.26 bits per heavy atom. The zero-order valence-electron chi connectivity index (χ0n) is 57.5. The summed E-state index contributed by atoms with van der Waals surface area (Å²) < 4.78 is 19.0. The van der Waals surface area contributed by atoms with Gasteiger partial charge in [-0.15, -0.1) is 0 Å². The van der Waals surface area contributed by atoms with Crippen LogP contribution in [0, 0.1) is 73.8 Å². The Kier molecular flexibility index (Phi) is 24.4. The number of aliphatic hydroxyl groups excluding tert-OH is 1. The molecule has 3 aliphatic carbocycles. The van der Waals surface area contributed by atoms with Gasteiger partial charge in [0.25, 0.3) is 0 Å². The van der Waals surface area contributed by atoms with Crippen LogP contribution >= 0.6 is 0 Å². The minimum absolute atomic E-state index is 0.153. The largest absolute Gasteiger partial charge is 0.508 e. The number of para-hydroxylation sites is 1. The lowest BCUT2D eigenvalue weighted by Crippen LogP contribution is -2.37. The number of aromatic nitrogens is 6. The van der Waals surface area contributed by atoms with E-state index in [2.05, 4.69) is 179 Å². The van der Waals surface area contributed by atoms with Crippen LogP contribution in [0.2, 0.25) is 0 Å². The van der Waals surface area contributed by atoms with Crippen LogP contribution in [0.15, 0.2) is 146 Å². The Balaban J connectivity index is 0.000000171. The molecule has 506 valence electrons. The molecule has 0 bridgehead atoms. The third-order valence-corrected chi connectivity index (χ3v) is 20.1. The van der Waals surface area contributed by atoms with Gasteiger partial charge >= 0.3 is 0 Å². The monoisotopic (exact) mass is 1310 g/mol. The number of hydrogen-bond acceptors (Lipinski definition) is 18. The highest BCUT2D eigenvalue weighted by Gasteiger charge is 2.37. The first-order valence-corrected chi connectivity index (χ1v) is 34.0. The lowest BCUT2D eigenvalue weighted by Gasteiger charge is -2.41. The Morgan fingerprint density at radius 2 is 0.866 bits per heavy atom. The quantitative estimate of drug-likeness (QED) is 0.0332. The summed E-state index contributed by atoms with van der Waals surface area (Å²) in [5.74, 6) is 6.79. The number of anilines is 6. The molecule has 0 spiro atoms.